The second kappa shape index (κ2) is 15.2. The van der Waals surface area contributed by atoms with Gasteiger partial charge in [0.05, 0.1) is 30.1 Å². The molecule has 3 heterocycles. The minimum absolute atomic E-state index is 0.0331. The Morgan fingerprint density at radius 1 is 1.02 bits per heavy atom. The number of pyridine rings is 1. The Morgan fingerprint density at radius 2 is 1.77 bits per heavy atom. The minimum atomic E-state index is -3.88. The lowest BCUT2D eigenvalue weighted by Gasteiger charge is -2.31. The van der Waals surface area contributed by atoms with Crippen molar-refractivity contribution in [1.29, 1.82) is 0 Å². The van der Waals surface area contributed by atoms with E-state index in [0.717, 1.165) is 43.1 Å². The third-order valence-corrected chi connectivity index (χ3v) is 13.9. The fourth-order valence-electron chi connectivity index (χ4n) is 8.36. The highest BCUT2D eigenvalue weighted by molar-refractivity contribution is 7.91. The molecule has 5 atom stereocenters. The topological polar surface area (TPSA) is 164 Å². The van der Waals surface area contributed by atoms with Gasteiger partial charge in [0.1, 0.15) is 29.2 Å². The summed E-state index contributed by atoms with van der Waals surface area (Å²) in [5, 5.41) is 2.97. The first-order valence-electron chi connectivity index (χ1n) is 19.8. The normalized spacial score (nSPS) is 25.3. The van der Waals surface area contributed by atoms with E-state index in [4.69, 9.17) is 14.5 Å². The van der Waals surface area contributed by atoms with Gasteiger partial charge in [0, 0.05) is 60.8 Å². The van der Waals surface area contributed by atoms with E-state index in [1.807, 2.05) is 59.5 Å². The molecule has 296 valence electrons. The molecule has 5 fully saturated rings. The van der Waals surface area contributed by atoms with Gasteiger partial charge >= 0.3 is 0 Å². The van der Waals surface area contributed by atoms with E-state index in [2.05, 4.69) is 16.6 Å². The van der Waals surface area contributed by atoms with Gasteiger partial charge in [0.25, 0.3) is 5.91 Å². The van der Waals surface area contributed by atoms with Gasteiger partial charge in [0.2, 0.25) is 27.7 Å². The molecule has 3 aromatic rings. The zero-order valence-corrected chi connectivity index (χ0v) is 32.5. The number of benzene rings is 2. The standard InChI is InChI=1S/C42H49N5O8S/c1-3-28-24-42(28,41(51)45-56(52,53)31-15-16-31)44-39(49)36-21-30(25-47(36)40(50)33(26-12-13-26)22-38(48)46-18-8-5-9-19-46)55-37-23-34(27-10-6-4-7-11-27)43-35-20-29(54-2)14-17-32(35)37/h3-4,6-7,10-11,14,17,20,23,26,28,30-31,33,36H,1,5,8-9,12-13,15-16,18-19,21-22,24-25H2,2H3,(H,44,49)(H,45,51)/t28-,30-,33?,36+,42-/m1/s1. The second-order valence-electron chi connectivity index (χ2n) is 16.0. The summed E-state index contributed by atoms with van der Waals surface area (Å²) in [6.07, 6.45) is 6.80. The van der Waals surface area contributed by atoms with E-state index in [0.29, 0.717) is 48.6 Å². The van der Waals surface area contributed by atoms with Gasteiger partial charge in [-0.1, -0.05) is 36.4 Å². The van der Waals surface area contributed by atoms with Crippen molar-refractivity contribution in [3.63, 3.8) is 0 Å². The van der Waals surface area contributed by atoms with E-state index in [1.165, 1.54) is 11.0 Å². The van der Waals surface area contributed by atoms with Crippen LogP contribution in [-0.2, 0) is 29.2 Å². The molecule has 0 spiro atoms. The van der Waals surface area contributed by atoms with Gasteiger partial charge in [-0.05, 0) is 69.4 Å². The molecule has 14 heteroatoms. The van der Waals surface area contributed by atoms with Gasteiger partial charge in [-0.25, -0.2) is 13.4 Å². The fourth-order valence-corrected chi connectivity index (χ4v) is 9.72. The molecule has 2 aliphatic heterocycles. The molecular weight excluding hydrogens is 735 g/mol. The number of hydrogen-bond donors (Lipinski definition) is 2. The summed E-state index contributed by atoms with van der Waals surface area (Å²) in [6.45, 7) is 5.24. The molecule has 8 rings (SSSR count). The number of ether oxygens (including phenoxy) is 2. The van der Waals surface area contributed by atoms with Crippen molar-refractivity contribution in [2.24, 2.45) is 17.8 Å². The first-order valence-corrected chi connectivity index (χ1v) is 21.3. The second-order valence-corrected chi connectivity index (χ2v) is 18.0. The van der Waals surface area contributed by atoms with Crippen LogP contribution in [0.3, 0.4) is 0 Å². The lowest BCUT2D eigenvalue weighted by atomic mass is 9.95. The quantitative estimate of drug-likeness (QED) is 0.226. The van der Waals surface area contributed by atoms with Crippen molar-refractivity contribution in [2.75, 3.05) is 26.7 Å². The molecule has 3 aliphatic carbocycles. The maximum atomic E-state index is 14.7. The van der Waals surface area contributed by atoms with E-state index >= 15 is 0 Å². The zero-order valence-electron chi connectivity index (χ0n) is 31.7. The predicted molar refractivity (Wildman–Crippen MR) is 209 cm³/mol. The molecular formula is C42H49N5O8S. The van der Waals surface area contributed by atoms with Crippen LogP contribution in [-0.4, -0.2) is 96.5 Å². The molecule has 2 aromatic carbocycles. The number of sulfonamides is 1. The average molecular weight is 784 g/mol. The number of hydrogen-bond acceptors (Lipinski definition) is 9. The Hall–Kier alpha value is -4.98. The number of carbonyl (C=O) groups excluding carboxylic acids is 4. The maximum Gasteiger partial charge on any atom is 0.259 e. The Labute approximate surface area is 327 Å². The number of piperidine rings is 1. The molecule has 1 aromatic heterocycles. The lowest BCUT2D eigenvalue weighted by Crippen LogP contribution is -2.57. The van der Waals surface area contributed by atoms with E-state index in [1.54, 1.807) is 7.11 Å². The van der Waals surface area contributed by atoms with E-state index in [9.17, 15) is 27.6 Å². The molecule has 2 saturated heterocycles. The number of carbonyl (C=O) groups is 4. The van der Waals surface area contributed by atoms with E-state index < -0.39 is 56.6 Å². The molecule has 1 unspecified atom stereocenters. The number of aromatic nitrogens is 1. The predicted octanol–water partition coefficient (Wildman–Crippen LogP) is 4.36. The fraction of sp³-hybridized carbons (Fsp3) is 0.500. The van der Waals surface area contributed by atoms with Gasteiger partial charge in [0.15, 0.2) is 0 Å². The van der Waals surface area contributed by atoms with Gasteiger partial charge in [-0.3, -0.25) is 23.9 Å². The number of fused-ring (bicyclic) bond motifs is 1. The van der Waals surface area contributed by atoms with Crippen molar-refractivity contribution in [2.45, 2.75) is 87.1 Å². The van der Waals surface area contributed by atoms with Crippen LogP contribution in [0.15, 0.2) is 67.3 Å². The Kier molecular flexibility index (Phi) is 10.3. The highest BCUT2D eigenvalue weighted by Gasteiger charge is 2.62. The van der Waals surface area contributed by atoms with Gasteiger partial charge in [-0.2, -0.15) is 0 Å². The van der Waals surface area contributed by atoms with Crippen molar-refractivity contribution >= 4 is 44.6 Å². The number of nitrogens with one attached hydrogen (secondary N) is 2. The smallest absolute Gasteiger partial charge is 0.259 e. The van der Waals surface area contributed by atoms with Crippen LogP contribution in [0, 0.1) is 17.8 Å². The summed E-state index contributed by atoms with van der Waals surface area (Å²) in [5.74, 6) is -1.63. The first-order chi connectivity index (χ1) is 27.0. The van der Waals surface area contributed by atoms with Crippen LogP contribution in [0.4, 0.5) is 0 Å². The number of likely N-dealkylation sites (tertiary alicyclic amines) is 2. The Bertz CT molecular complexity index is 2150. The highest BCUT2D eigenvalue weighted by atomic mass is 32.2. The number of rotatable bonds is 14. The maximum absolute atomic E-state index is 14.7. The largest absolute Gasteiger partial charge is 0.497 e. The highest BCUT2D eigenvalue weighted by Crippen LogP contribution is 2.46. The molecule has 4 amide bonds. The molecule has 2 N–H and O–H groups in total. The summed E-state index contributed by atoms with van der Waals surface area (Å²) < 4.78 is 40.0. The summed E-state index contributed by atoms with van der Waals surface area (Å²) >= 11 is 0. The van der Waals surface area contributed by atoms with Crippen LogP contribution in [0.2, 0.25) is 0 Å². The first kappa shape index (κ1) is 37.9. The van der Waals surface area contributed by atoms with Gasteiger partial charge in [-0.15, -0.1) is 6.58 Å². The third-order valence-electron chi connectivity index (χ3n) is 12.1. The monoisotopic (exact) mass is 783 g/mol. The Balaban J connectivity index is 1.10. The van der Waals surface area contributed by atoms with Crippen LogP contribution in [0.1, 0.15) is 64.2 Å². The van der Waals surface area contributed by atoms with Crippen LogP contribution in [0.25, 0.3) is 22.2 Å². The number of nitrogens with zero attached hydrogens (tertiary/aromatic N) is 3. The molecule has 3 saturated carbocycles. The van der Waals surface area contributed by atoms with Crippen molar-refractivity contribution in [3.8, 4) is 22.8 Å². The number of methoxy groups -OCH3 is 1. The van der Waals surface area contributed by atoms with Crippen LogP contribution in [0.5, 0.6) is 11.5 Å². The molecule has 0 bridgehead atoms. The van der Waals surface area contributed by atoms with E-state index in [-0.39, 0.29) is 43.5 Å². The molecule has 5 aliphatic rings. The zero-order chi connectivity index (χ0) is 39.2. The lowest BCUT2D eigenvalue weighted by molar-refractivity contribution is -0.146. The summed E-state index contributed by atoms with van der Waals surface area (Å²) in [5.41, 5.74) is 0.676. The third kappa shape index (κ3) is 7.72. The van der Waals surface area contributed by atoms with Crippen molar-refractivity contribution in [1.82, 2.24) is 24.8 Å². The molecule has 0 radical (unpaired) electrons. The summed E-state index contributed by atoms with van der Waals surface area (Å²) in [7, 11) is -2.30. The minimum Gasteiger partial charge on any atom is -0.497 e. The average Bonchev–Trinajstić information content (AvgIpc) is 4.10. The van der Waals surface area contributed by atoms with Crippen molar-refractivity contribution < 1.29 is 37.1 Å². The Morgan fingerprint density at radius 3 is 2.43 bits per heavy atom. The van der Waals surface area contributed by atoms with Crippen LogP contribution < -0.4 is 19.5 Å². The molecule has 13 nitrogen and oxygen atoms in total. The van der Waals surface area contributed by atoms with Gasteiger partial charge < -0.3 is 24.6 Å². The number of amides is 4. The SMILES string of the molecule is C=C[C@@H]1C[C@]1(NC(=O)[C@@H]1C[C@@H](Oc2cc(-c3ccccc3)nc3cc(OC)ccc23)CN1C(=O)C(CC(=O)N1CCCCC1)C1CC1)C(=O)NS(=O)(=O)C1CC1. The van der Waals surface area contributed by atoms with Crippen LogP contribution >= 0.6 is 0 Å². The summed E-state index contributed by atoms with van der Waals surface area (Å²) in [4.78, 5) is 64.6. The summed E-state index contributed by atoms with van der Waals surface area (Å²) in [6, 6.07) is 16.0. The molecule has 56 heavy (non-hydrogen) atoms. The van der Waals surface area contributed by atoms with Crippen molar-refractivity contribution in [3.05, 3.63) is 67.3 Å².